The summed E-state index contributed by atoms with van der Waals surface area (Å²) in [6.45, 7) is 1.38. The summed E-state index contributed by atoms with van der Waals surface area (Å²) in [5.74, 6) is -0.912. The molecule has 11 nitrogen and oxygen atoms in total. The van der Waals surface area contributed by atoms with Gasteiger partial charge in [-0.3, -0.25) is 24.8 Å². The Morgan fingerprint density at radius 1 is 1.39 bits per heavy atom. The third-order valence-electron chi connectivity index (χ3n) is 2.95. The number of esters is 1. The van der Waals surface area contributed by atoms with Crippen molar-refractivity contribution >= 4 is 29.7 Å². The van der Waals surface area contributed by atoms with Crippen LogP contribution in [0.2, 0.25) is 0 Å². The molecule has 11 heteroatoms. The molecule has 0 aliphatic carbocycles. The van der Waals surface area contributed by atoms with Crippen molar-refractivity contribution in [2.45, 2.75) is 6.92 Å². The van der Waals surface area contributed by atoms with Crippen LogP contribution < -0.4 is 15.0 Å². The molecule has 0 spiro atoms. The summed E-state index contributed by atoms with van der Waals surface area (Å²) >= 11 is 0. The van der Waals surface area contributed by atoms with Crippen molar-refractivity contribution in [1.29, 1.82) is 5.41 Å². The van der Waals surface area contributed by atoms with Gasteiger partial charge in [-0.2, -0.15) is 15.0 Å². The number of guanidine groups is 1. The maximum atomic E-state index is 12.0. The molecule has 23 heavy (non-hydrogen) atoms. The lowest BCUT2D eigenvalue weighted by Gasteiger charge is -2.18. The summed E-state index contributed by atoms with van der Waals surface area (Å²) in [6, 6.07) is 0.0449. The highest BCUT2D eigenvalue weighted by Crippen LogP contribution is 2.19. The van der Waals surface area contributed by atoms with Gasteiger partial charge in [-0.15, -0.1) is 0 Å². The van der Waals surface area contributed by atoms with E-state index < -0.39 is 11.9 Å². The number of hydrogen-bond acceptors (Lipinski definition) is 9. The van der Waals surface area contributed by atoms with E-state index in [0.717, 1.165) is 4.90 Å². The first-order valence-electron chi connectivity index (χ1n) is 6.80. The fraction of sp³-hybridized carbons (Fsp3) is 0.500. The Labute approximate surface area is 132 Å². The monoisotopic (exact) mass is 323 g/mol. The second-order valence-corrected chi connectivity index (χ2v) is 4.39. The van der Waals surface area contributed by atoms with E-state index in [4.69, 9.17) is 14.9 Å². The van der Waals surface area contributed by atoms with Gasteiger partial charge in [-0.25, -0.2) is 0 Å². The smallest absolute Gasteiger partial charge is 0.326 e. The standard InChI is InChI=1S/C12H17N7O4/c1-4-23-8(21)6-18-7(20)5-19(9(18)13)11-15-10(14-2)16-12(17-11)22-3/h13H,4-6H2,1-3H3,(H,14,15,16,17). The van der Waals surface area contributed by atoms with Crippen LogP contribution in [0.5, 0.6) is 6.01 Å². The van der Waals surface area contributed by atoms with E-state index in [-0.39, 0.29) is 43.6 Å². The number of hydrogen-bond donors (Lipinski definition) is 2. The van der Waals surface area contributed by atoms with Crippen LogP contribution in [-0.4, -0.2) is 71.5 Å². The second kappa shape index (κ2) is 6.85. The van der Waals surface area contributed by atoms with E-state index in [2.05, 4.69) is 20.3 Å². The van der Waals surface area contributed by atoms with E-state index >= 15 is 0 Å². The largest absolute Gasteiger partial charge is 0.467 e. The summed E-state index contributed by atoms with van der Waals surface area (Å²) in [7, 11) is 3.01. The molecular weight excluding hydrogens is 306 g/mol. The van der Waals surface area contributed by atoms with Crippen LogP contribution in [0, 0.1) is 5.41 Å². The average Bonchev–Trinajstić information content (AvgIpc) is 2.82. The summed E-state index contributed by atoms with van der Waals surface area (Å²) in [6.07, 6.45) is 0. The van der Waals surface area contributed by atoms with Crippen molar-refractivity contribution in [2.75, 3.05) is 44.1 Å². The molecule has 1 aromatic rings. The molecule has 1 amide bonds. The summed E-state index contributed by atoms with van der Waals surface area (Å²) < 4.78 is 9.77. The summed E-state index contributed by atoms with van der Waals surface area (Å²) in [5, 5.41) is 10.8. The number of methoxy groups -OCH3 is 1. The van der Waals surface area contributed by atoms with Crippen molar-refractivity contribution in [3.8, 4) is 6.01 Å². The Morgan fingerprint density at radius 2 is 2.13 bits per heavy atom. The topological polar surface area (TPSA) is 134 Å². The van der Waals surface area contributed by atoms with Gasteiger partial charge in [0, 0.05) is 7.05 Å². The quantitative estimate of drug-likeness (QED) is 0.636. The Hall–Kier alpha value is -2.98. The third-order valence-corrected chi connectivity index (χ3v) is 2.95. The Bertz CT molecular complexity index is 614. The zero-order valence-electron chi connectivity index (χ0n) is 13.0. The first-order valence-corrected chi connectivity index (χ1v) is 6.80. The van der Waals surface area contributed by atoms with Crippen molar-refractivity contribution < 1.29 is 19.1 Å². The maximum absolute atomic E-state index is 12.0. The second-order valence-electron chi connectivity index (χ2n) is 4.39. The zero-order chi connectivity index (χ0) is 17.0. The van der Waals surface area contributed by atoms with Gasteiger partial charge in [0.05, 0.1) is 13.7 Å². The minimum absolute atomic E-state index is 0.0449. The first kappa shape index (κ1) is 16.4. The molecule has 2 N–H and O–H groups in total. The Balaban J connectivity index is 2.23. The number of nitrogens with zero attached hydrogens (tertiary/aromatic N) is 5. The third kappa shape index (κ3) is 3.44. The Morgan fingerprint density at radius 3 is 2.74 bits per heavy atom. The minimum atomic E-state index is -0.586. The summed E-state index contributed by atoms with van der Waals surface area (Å²) in [5.41, 5.74) is 0. The van der Waals surface area contributed by atoms with Gasteiger partial charge in [-0.05, 0) is 6.92 Å². The molecule has 0 atom stereocenters. The maximum Gasteiger partial charge on any atom is 0.326 e. The first-order chi connectivity index (χ1) is 11.0. The van der Waals surface area contributed by atoms with Crippen LogP contribution in [0.15, 0.2) is 0 Å². The lowest BCUT2D eigenvalue weighted by Crippen LogP contribution is -2.38. The van der Waals surface area contributed by atoms with Gasteiger partial charge in [0.25, 0.3) is 0 Å². The SMILES string of the molecule is CCOC(=O)CN1C(=N)N(c2nc(NC)nc(OC)n2)CC1=O. The number of nitrogens with one attached hydrogen (secondary N) is 2. The van der Waals surface area contributed by atoms with Crippen LogP contribution in [0.3, 0.4) is 0 Å². The molecule has 124 valence electrons. The van der Waals surface area contributed by atoms with Crippen LogP contribution in [0.25, 0.3) is 0 Å². The van der Waals surface area contributed by atoms with Crippen LogP contribution in [0.1, 0.15) is 6.92 Å². The highest BCUT2D eigenvalue weighted by atomic mass is 16.5. The molecule has 0 saturated carbocycles. The van der Waals surface area contributed by atoms with Gasteiger partial charge in [0.2, 0.25) is 23.8 Å². The predicted octanol–water partition coefficient (Wildman–Crippen LogP) is -0.932. The van der Waals surface area contributed by atoms with Crippen molar-refractivity contribution in [3.05, 3.63) is 0 Å². The van der Waals surface area contributed by atoms with Crippen LogP contribution in [-0.2, 0) is 14.3 Å². The van der Waals surface area contributed by atoms with Crippen molar-refractivity contribution in [3.63, 3.8) is 0 Å². The average molecular weight is 323 g/mol. The molecule has 1 aromatic heterocycles. The minimum Gasteiger partial charge on any atom is -0.467 e. The molecule has 0 aromatic carbocycles. The van der Waals surface area contributed by atoms with E-state index in [1.807, 2.05) is 0 Å². The predicted molar refractivity (Wildman–Crippen MR) is 79.3 cm³/mol. The van der Waals surface area contributed by atoms with E-state index in [1.54, 1.807) is 14.0 Å². The van der Waals surface area contributed by atoms with E-state index in [0.29, 0.717) is 0 Å². The normalized spacial score (nSPS) is 14.2. The molecule has 0 radical (unpaired) electrons. The molecule has 0 unspecified atom stereocenters. The van der Waals surface area contributed by atoms with Crippen molar-refractivity contribution in [2.24, 2.45) is 0 Å². The zero-order valence-corrected chi connectivity index (χ0v) is 13.0. The molecule has 2 rings (SSSR count). The van der Waals surface area contributed by atoms with Gasteiger partial charge in [0.1, 0.15) is 13.1 Å². The van der Waals surface area contributed by atoms with Gasteiger partial charge >= 0.3 is 12.0 Å². The van der Waals surface area contributed by atoms with Gasteiger partial charge in [-0.1, -0.05) is 0 Å². The highest BCUT2D eigenvalue weighted by molar-refractivity contribution is 6.13. The van der Waals surface area contributed by atoms with E-state index in [1.165, 1.54) is 12.0 Å². The molecule has 0 bridgehead atoms. The molecule has 2 heterocycles. The molecule has 1 aliphatic heterocycles. The van der Waals surface area contributed by atoms with E-state index in [9.17, 15) is 9.59 Å². The number of aromatic nitrogens is 3. The highest BCUT2D eigenvalue weighted by Gasteiger charge is 2.37. The lowest BCUT2D eigenvalue weighted by atomic mass is 10.5. The number of anilines is 2. The fourth-order valence-corrected chi connectivity index (χ4v) is 1.89. The molecule has 1 fully saturated rings. The van der Waals surface area contributed by atoms with Gasteiger partial charge in [0.15, 0.2) is 0 Å². The lowest BCUT2D eigenvalue weighted by molar-refractivity contribution is -0.146. The van der Waals surface area contributed by atoms with Gasteiger partial charge < -0.3 is 14.8 Å². The number of amides is 1. The number of carbonyl (C=O) groups excluding carboxylic acids is 2. The number of carbonyl (C=O) groups is 2. The van der Waals surface area contributed by atoms with Crippen LogP contribution in [0.4, 0.5) is 11.9 Å². The van der Waals surface area contributed by atoms with Crippen LogP contribution >= 0.6 is 0 Å². The molecule has 1 saturated heterocycles. The fourth-order valence-electron chi connectivity index (χ4n) is 1.89. The Kier molecular flexibility index (Phi) is 4.88. The van der Waals surface area contributed by atoms with Crippen molar-refractivity contribution in [1.82, 2.24) is 19.9 Å². The number of ether oxygens (including phenoxy) is 2. The summed E-state index contributed by atoms with van der Waals surface area (Å²) in [4.78, 5) is 37.9. The number of rotatable bonds is 6. The molecule has 1 aliphatic rings. The molecular formula is C12H17N7O4.